The Morgan fingerprint density at radius 1 is 1.38 bits per heavy atom. The largest absolute Gasteiger partial charge is 0.394 e. The molecule has 1 unspecified atom stereocenters. The highest BCUT2D eigenvalue weighted by Gasteiger charge is 2.01. The third kappa shape index (κ3) is 4.26. The van der Waals surface area contributed by atoms with E-state index >= 15 is 0 Å². The first-order valence-corrected chi connectivity index (χ1v) is 5.24. The standard InChI is InChI=1S/C9H13NO2S/c11-5-9(12)7-13-6-8-1-3-10-4-2-8/h1-4,9,11-12H,5-7H2. The summed E-state index contributed by atoms with van der Waals surface area (Å²) in [6, 6.07) is 3.89. The van der Waals surface area contributed by atoms with Crippen LogP contribution < -0.4 is 0 Å². The predicted molar refractivity (Wildman–Crippen MR) is 53.5 cm³/mol. The number of rotatable bonds is 5. The van der Waals surface area contributed by atoms with Crippen molar-refractivity contribution in [3.63, 3.8) is 0 Å². The average molecular weight is 199 g/mol. The monoisotopic (exact) mass is 199 g/mol. The summed E-state index contributed by atoms with van der Waals surface area (Å²) in [4.78, 5) is 3.91. The van der Waals surface area contributed by atoms with E-state index in [1.165, 1.54) is 5.56 Å². The first-order valence-electron chi connectivity index (χ1n) is 4.08. The summed E-state index contributed by atoms with van der Waals surface area (Å²) in [5.41, 5.74) is 1.19. The van der Waals surface area contributed by atoms with Crippen molar-refractivity contribution in [1.29, 1.82) is 0 Å². The Morgan fingerprint density at radius 2 is 2.08 bits per heavy atom. The molecule has 0 aliphatic carbocycles. The molecule has 0 bridgehead atoms. The van der Waals surface area contributed by atoms with Crippen molar-refractivity contribution in [3.8, 4) is 0 Å². The fourth-order valence-electron chi connectivity index (χ4n) is 0.845. The molecule has 0 spiro atoms. The zero-order valence-corrected chi connectivity index (χ0v) is 8.07. The number of pyridine rings is 1. The van der Waals surface area contributed by atoms with Crippen LogP contribution in [-0.4, -0.2) is 33.7 Å². The molecule has 2 N–H and O–H groups in total. The zero-order chi connectivity index (χ0) is 9.52. The maximum absolute atomic E-state index is 9.05. The van der Waals surface area contributed by atoms with Gasteiger partial charge in [0, 0.05) is 23.9 Å². The minimum absolute atomic E-state index is 0.163. The minimum Gasteiger partial charge on any atom is -0.394 e. The molecule has 3 nitrogen and oxygen atoms in total. The number of aliphatic hydroxyl groups excluding tert-OH is 2. The minimum atomic E-state index is -0.605. The Labute approximate surface area is 81.8 Å². The predicted octanol–water partition coefficient (Wildman–Crippen LogP) is 0.668. The summed E-state index contributed by atoms with van der Waals surface area (Å²) < 4.78 is 0. The molecule has 1 aromatic rings. The number of aliphatic hydroxyl groups is 2. The SMILES string of the molecule is OCC(O)CSCc1ccncc1. The van der Waals surface area contributed by atoms with Gasteiger partial charge in [0.15, 0.2) is 0 Å². The zero-order valence-electron chi connectivity index (χ0n) is 7.26. The average Bonchev–Trinajstić information content (AvgIpc) is 2.19. The maximum atomic E-state index is 9.05. The maximum Gasteiger partial charge on any atom is 0.0861 e. The molecular formula is C9H13NO2S. The molecule has 1 aromatic heterocycles. The van der Waals surface area contributed by atoms with E-state index in [2.05, 4.69) is 4.98 Å². The van der Waals surface area contributed by atoms with E-state index in [0.29, 0.717) is 5.75 Å². The molecule has 72 valence electrons. The first-order chi connectivity index (χ1) is 6.33. The molecule has 0 radical (unpaired) electrons. The van der Waals surface area contributed by atoms with Gasteiger partial charge in [0.1, 0.15) is 0 Å². The highest BCUT2D eigenvalue weighted by molar-refractivity contribution is 7.98. The Balaban J connectivity index is 2.20. The Bertz CT molecular complexity index is 230. The Hall–Kier alpha value is -0.580. The molecule has 1 rings (SSSR count). The summed E-state index contributed by atoms with van der Waals surface area (Å²) in [5.74, 6) is 1.42. The van der Waals surface area contributed by atoms with Gasteiger partial charge in [0.05, 0.1) is 12.7 Å². The molecule has 0 saturated carbocycles. The van der Waals surface area contributed by atoms with Crippen LogP contribution in [0.25, 0.3) is 0 Å². The molecular weight excluding hydrogens is 186 g/mol. The number of nitrogens with zero attached hydrogens (tertiary/aromatic N) is 1. The van der Waals surface area contributed by atoms with E-state index in [9.17, 15) is 0 Å². The molecule has 13 heavy (non-hydrogen) atoms. The summed E-state index contributed by atoms with van der Waals surface area (Å²) in [5, 5.41) is 17.6. The van der Waals surface area contributed by atoms with Gasteiger partial charge in [-0.1, -0.05) is 0 Å². The van der Waals surface area contributed by atoms with E-state index in [4.69, 9.17) is 10.2 Å². The molecule has 0 aromatic carbocycles. The van der Waals surface area contributed by atoms with Crippen LogP contribution in [0.2, 0.25) is 0 Å². The molecule has 1 atom stereocenters. The van der Waals surface area contributed by atoms with Crippen molar-refractivity contribution in [2.45, 2.75) is 11.9 Å². The summed E-state index contributed by atoms with van der Waals surface area (Å²) in [6.45, 7) is -0.163. The van der Waals surface area contributed by atoms with Crippen LogP contribution in [0.3, 0.4) is 0 Å². The lowest BCUT2D eigenvalue weighted by atomic mass is 10.3. The van der Waals surface area contributed by atoms with Crippen molar-refractivity contribution >= 4 is 11.8 Å². The molecule has 0 amide bonds. The van der Waals surface area contributed by atoms with Gasteiger partial charge >= 0.3 is 0 Å². The van der Waals surface area contributed by atoms with Crippen molar-refractivity contribution in [3.05, 3.63) is 30.1 Å². The van der Waals surface area contributed by atoms with Gasteiger partial charge in [-0.05, 0) is 17.7 Å². The lowest BCUT2D eigenvalue weighted by molar-refractivity contribution is 0.113. The molecule has 0 fully saturated rings. The van der Waals surface area contributed by atoms with Crippen LogP contribution in [-0.2, 0) is 5.75 Å². The summed E-state index contributed by atoms with van der Waals surface area (Å²) in [7, 11) is 0. The van der Waals surface area contributed by atoms with E-state index in [1.807, 2.05) is 12.1 Å². The smallest absolute Gasteiger partial charge is 0.0861 e. The van der Waals surface area contributed by atoms with Crippen LogP contribution in [0.4, 0.5) is 0 Å². The van der Waals surface area contributed by atoms with Gasteiger partial charge in [0.25, 0.3) is 0 Å². The van der Waals surface area contributed by atoms with Crippen molar-refractivity contribution < 1.29 is 10.2 Å². The summed E-state index contributed by atoms with van der Waals surface area (Å²) >= 11 is 1.60. The second-order valence-electron chi connectivity index (χ2n) is 2.71. The first kappa shape index (κ1) is 10.5. The Morgan fingerprint density at radius 3 is 2.69 bits per heavy atom. The van der Waals surface area contributed by atoms with Crippen LogP contribution in [0.1, 0.15) is 5.56 Å². The fourth-order valence-corrected chi connectivity index (χ4v) is 1.77. The molecule has 1 heterocycles. The number of hydrogen-bond acceptors (Lipinski definition) is 4. The van der Waals surface area contributed by atoms with Gasteiger partial charge in [-0.3, -0.25) is 4.98 Å². The van der Waals surface area contributed by atoms with E-state index < -0.39 is 6.10 Å². The van der Waals surface area contributed by atoms with Crippen LogP contribution in [0.15, 0.2) is 24.5 Å². The fraction of sp³-hybridized carbons (Fsp3) is 0.444. The van der Waals surface area contributed by atoms with Gasteiger partial charge in [-0.2, -0.15) is 11.8 Å². The van der Waals surface area contributed by atoms with Gasteiger partial charge < -0.3 is 10.2 Å². The number of aromatic nitrogens is 1. The van der Waals surface area contributed by atoms with Crippen LogP contribution in [0, 0.1) is 0 Å². The molecule has 0 aliphatic heterocycles. The second kappa shape index (κ2) is 5.96. The van der Waals surface area contributed by atoms with E-state index in [-0.39, 0.29) is 6.61 Å². The molecule has 0 saturated heterocycles. The molecule has 4 heteroatoms. The number of hydrogen-bond donors (Lipinski definition) is 2. The van der Waals surface area contributed by atoms with Gasteiger partial charge in [-0.15, -0.1) is 0 Å². The van der Waals surface area contributed by atoms with Crippen molar-refractivity contribution in [1.82, 2.24) is 4.98 Å². The van der Waals surface area contributed by atoms with Gasteiger partial charge in [0.2, 0.25) is 0 Å². The van der Waals surface area contributed by atoms with Crippen molar-refractivity contribution in [2.24, 2.45) is 0 Å². The third-order valence-corrected chi connectivity index (χ3v) is 2.70. The highest BCUT2D eigenvalue weighted by Crippen LogP contribution is 2.11. The Kier molecular flexibility index (Phi) is 4.82. The highest BCUT2D eigenvalue weighted by atomic mass is 32.2. The number of thioether (sulfide) groups is 1. The van der Waals surface area contributed by atoms with E-state index in [0.717, 1.165) is 5.75 Å². The van der Waals surface area contributed by atoms with Crippen molar-refractivity contribution in [2.75, 3.05) is 12.4 Å². The quantitative estimate of drug-likeness (QED) is 0.731. The normalized spacial score (nSPS) is 12.8. The van der Waals surface area contributed by atoms with E-state index in [1.54, 1.807) is 24.2 Å². The summed E-state index contributed by atoms with van der Waals surface area (Å²) in [6.07, 6.45) is 2.89. The molecule has 0 aliphatic rings. The van der Waals surface area contributed by atoms with Gasteiger partial charge in [-0.25, -0.2) is 0 Å². The second-order valence-corrected chi connectivity index (χ2v) is 3.74. The lowest BCUT2D eigenvalue weighted by Gasteiger charge is -2.05. The van der Waals surface area contributed by atoms with Crippen LogP contribution in [0.5, 0.6) is 0 Å². The van der Waals surface area contributed by atoms with Crippen LogP contribution >= 0.6 is 11.8 Å². The lowest BCUT2D eigenvalue weighted by Crippen LogP contribution is -2.14. The topological polar surface area (TPSA) is 53.4 Å². The third-order valence-electron chi connectivity index (χ3n) is 1.54.